The highest BCUT2D eigenvalue weighted by molar-refractivity contribution is 7.07. The Balaban J connectivity index is 1.68. The molecule has 1 amide bonds. The lowest BCUT2D eigenvalue weighted by molar-refractivity contribution is -0.135. The first kappa shape index (κ1) is 15.2. The maximum absolute atomic E-state index is 12.6. The Labute approximate surface area is 136 Å². The SMILES string of the molecule is Cc1ccc([C@H]2CCCCN2C(=O)CCc2cscn2)cc1. The Morgan fingerprint density at radius 1 is 1.32 bits per heavy atom. The topological polar surface area (TPSA) is 33.2 Å². The van der Waals surface area contributed by atoms with Crippen LogP contribution in [0.1, 0.15) is 48.5 Å². The van der Waals surface area contributed by atoms with E-state index in [4.69, 9.17) is 0 Å². The molecule has 0 bridgehead atoms. The molecule has 0 N–H and O–H groups in total. The van der Waals surface area contributed by atoms with E-state index in [0.717, 1.165) is 31.5 Å². The highest BCUT2D eigenvalue weighted by atomic mass is 32.1. The molecule has 0 unspecified atom stereocenters. The molecule has 0 spiro atoms. The van der Waals surface area contributed by atoms with Crippen molar-refractivity contribution in [2.75, 3.05) is 6.54 Å². The number of aromatic nitrogens is 1. The third kappa shape index (κ3) is 3.55. The molecule has 2 heterocycles. The van der Waals surface area contributed by atoms with E-state index in [2.05, 4.69) is 41.1 Å². The number of benzene rings is 1. The van der Waals surface area contributed by atoms with Gasteiger partial charge in [-0.25, -0.2) is 4.98 Å². The molecule has 1 aliphatic rings. The lowest BCUT2D eigenvalue weighted by atomic mass is 9.94. The average molecular weight is 314 g/mol. The van der Waals surface area contributed by atoms with Gasteiger partial charge in [-0.3, -0.25) is 4.79 Å². The van der Waals surface area contributed by atoms with Crippen molar-refractivity contribution in [1.82, 2.24) is 9.88 Å². The second-order valence-corrected chi connectivity index (χ2v) is 6.71. The van der Waals surface area contributed by atoms with Crippen LogP contribution in [0.15, 0.2) is 35.2 Å². The van der Waals surface area contributed by atoms with E-state index in [1.165, 1.54) is 17.5 Å². The van der Waals surface area contributed by atoms with Gasteiger partial charge < -0.3 is 4.90 Å². The monoisotopic (exact) mass is 314 g/mol. The fraction of sp³-hybridized carbons (Fsp3) is 0.444. The molecule has 0 radical (unpaired) electrons. The van der Waals surface area contributed by atoms with Gasteiger partial charge in [0.1, 0.15) is 0 Å². The van der Waals surface area contributed by atoms with Gasteiger partial charge in [0.25, 0.3) is 0 Å². The minimum atomic E-state index is 0.247. The fourth-order valence-corrected chi connectivity index (χ4v) is 3.70. The smallest absolute Gasteiger partial charge is 0.223 e. The number of piperidine rings is 1. The number of rotatable bonds is 4. The molecule has 3 rings (SSSR count). The van der Waals surface area contributed by atoms with Crippen molar-refractivity contribution in [3.63, 3.8) is 0 Å². The minimum Gasteiger partial charge on any atom is -0.336 e. The molecule has 1 fully saturated rings. The van der Waals surface area contributed by atoms with Crippen LogP contribution >= 0.6 is 11.3 Å². The molecule has 2 aromatic rings. The van der Waals surface area contributed by atoms with Crippen molar-refractivity contribution in [2.45, 2.75) is 45.1 Å². The number of amides is 1. The Morgan fingerprint density at radius 2 is 2.14 bits per heavy atom. The molecular formula is C18H22N2OS. The summed E-state index contributed by atoms with van der Waals surface area (Å²) in [7, 11) is 0. The molecule has 1 aliphatic heterocycles. The quantitative estimate of drug-likeness (QED) is 0.850. The fourth-order valence-electron chi connectivity index (χ4n) is 3.10. The van der Waals surface area contributed by atoms with Crippen LogP contribution in [0.3, 0.4) is 0 Å². The predicted octanol–water partition coefficient (Wildman–Crippen LogP) is 4.14. The Bertz CT molecular complexity index is 607. The van der Waals surface area contributed by atoms with Crippen LogP contribution < -0.4 is 0 Å². The summed E-state index contributed by atoms with van der Waals surface area (Å²) in [5.74, 6) is 0.262. The number of carbonyl (C=O) groups excluding carboxylic acids is 1. The summed E-state index contributed by atoms with van der Waals surface area (Å²) in [5, 5.41) is 2.03. The van der Waals surface area contributed by atoms with Gasteiger partial charge in [-0.1, -0.05) is 29.8 Å². The van der Waals surface area contributed by atoms with E-state index < -0.39 is 0 Å². The highest BCUT2D eigenvalue weighted by Gasteiger charge is 2.27. The number of hydrogen-bond acceptors (Lipinski definition) is 3. The summed E-state index contributed by atoms with van der Waals surface area (Å²) in [6.07, 6.45) is 4.70. The van der Waals surface area contributed by atoms with Gasteiger partial charge in [0, 0.05) is 18.3 Å². The van der Waals surface area contributed by atoms with Crippen molar-refractivity contribution in [1.29, 1.82) is 0 Å². The molecule has 0 aliphatic carbocycles. The molecule has 4 heteroatoms. The predicted molar refractivity (Wildman–Crippen MR) is 89.9 cm³/mol. The van der Waals surface area contributed by atoms with Crippen molar-refractivity contribution in [3.05, 3.63) is 52.0 Å². The van der Waals surface area contributed by atoms with Crippen molar-refractivity contribution in [2.24, 2.45) is 0 Å². The third-order valence-corrected chi connectivity index (χ3v) is 5.00. The van der Waals surface area contributed by atoms with E-state index in [1.807, 2.05) is 10.9 Å². The summed E-state index contributed by atoms with van der Waals surface area (Å²) in [4.78, 5) is 19.0. The van der Waals surface area contributed by atoms with Crippen LogP contribution in [0, 0.1) is 6.92 Å². The van der Waals surface area contributed by atoms with Gasteiger partial charge in [0.05, 0.1) is 17.2 Å². The summed E-state index contributed by atoms with van der Waals surface area (Å²) in [6.45, 7) is 2.98. The maximum atomic E-state index is 12.6. The molecule has 1 aromatic heterocycles. The zero-order valence-corrected chi connectivity index (χ0v) is 13.8. The second-order valence-electron chi connectivity index (χ2n) is 5.99. The van der Waals surface area contributed by atoms with E-state index in [0.29, 0.717) is 6.42 Å². The van der Waals surface area contributed by atoms with Gasteiger partial charge in [-0.15, -0.1) is 11.3 Å². The standard InChI is InChI=1S/C18H22N2OS/c1-14-5-7-15(8-6-14)17-4-2-3-11-20(17)18(21)10-9-16-12-22-13-19-16/h5-8,12-13,17H,2-4,9-11H2,1H3/t17-/m1/s1. The number of nitrogens with zero attached hydrogens (tertiary/aromatic N) is 2. The van der Waals surface area contributed by atoms with Crippen LogP contribution in [-0.4, -0.2) is 22.3 Å². The zero-order chi connectivity index (χ0) is 15.4. The number of thiazole rings is 1. The van der Waals surface area contributed by atoms with Crippen LogP contribution in [0.2, 0.25) is 0 Å². The van der Waals surface area contributed by atoms with E-state index in [-0.39, 0.29) is 11.9 Å². The minimum absolute atomic E-state index is 0.247. The van der Waals surface area contributed by atoms with Crippen molar-refractivity contribution in [3.8, 4) is 0 Å². The zero-order valence-electron chi connectivity index (χ0n) is 13.0. The lowest BCUT2D eigenvalue weighted by Gasteiger charge is -2.36. The summed E-state index contributed by atoms with van der Waals surface area (Å²) >= 11 is 1.59. The second kappa shape index (κ2) is 7.05. The van der Waals surface area contributed by atoms with Crippen LogP contribution in [-0.2, 0) is 11.2 Å². The molecule has 22 heavy (non-hydrogen) atoms. The van der Waals surface area contributed by atoms with E-state index >= 15 is 0 Å². The Morgan fingerprint density at radius 3 is 2.86 bits per heavy atom. The van der Waals surface area contributed by atoms with E-state index in [1.54, 1.807) is 11.3 Å². The number of hydrogen-bond donors (Lipinski definition) is 0. The molecule has 116 valence electrons. The van der Waals surface area contributed by atoms with Crippen LogP contribution in [0.25, 0.3) is 0 Å². The molecule has 3 nitrogen and oxygen atoms in total. The summed E-state index contributed by atoms with van der Waals surface area (Å²) in [5.41, 5.74) is 5.39. The Kier molecular flexibility index (Phi) is 4.88. The number of likely N-dealkylation sites (tertiary alicyclic amines) is 1. The molecule has 0 saturated carbocycles. The number of carbonyl (C=O) groups is 1. The maximum Gasteiger partial charge on any atom is 0.223 e. The van der Waals surface area contributed by atoms with Crippen LogP contribution in [0.5, 0.6) is 0 Å². The van der Waals surface area contributed by atoms with Gasteiger partial charge in [0.2, 0.25) is 5.91 Å². The molecule has 1 aromatic carbocycles. The lowest BCUT2D eigenvalue weighted by Crippen LogP contribution is -2.38. The third-order valence-electron chi connectivity index (χ3n) is 4.36. The first-order chi connectivity index (χ1) is 10.7. The van der Waals surface area contributed by atoms with Crippen LogP contribution in [0.4, 0.5) is 0 Å². The normalized spacial score (nSPS) is 18.4. The first-order valence-electron chi connectivity index (χ1n) is 7.97. The summed E-state index contributed by atoms with van der Waals surface area (Å²) < 4.78 is 0. The molecule has 1 atom stereocenters. The first-order valence-corrected chi connectivity index (χ1v) is 8.91. The molecule has 1 saturated heterocycles. The van der Waals surface area contributed by atoms with Crippen molar-refractivity contribution < 1.29 is 4.79 Å². The average Bonchev–Trinajstić information content (AvgIpc) is 3.07. The summed E-state index contributed by atoms with van der Waals surface area (Å²) in [6, 6.07) is 8.87. The highest BCUT2D eigenvalue weighted by Crippen LogP contribution is 2.31. The van der Waals surface area contributed by atoms with Gasteiger partial charge in [-0.05, 0) is 38.2 Å². The van der Waals surface area contributed by atoms with Gasteiger partial charge in [-0.2, -0.15) is 0 Å². The molecular weight excluding hydrogens is 292 g/mol. The largest absolute Gasteiger partial charge is 0.336 e. The van der Waals surface area contributed by atoms with Crippen molar-refractivity contribution >= 4 is 17.2 Å². The van der Waals surface area contributed by atoms with Gasteiger partial charge in [0.15, 0.2) is 0 Å². The van der Waals surface area contributed by atoms with E-state index in [9.17, 15) is 4.79 Å². The van der Waals surface area contributed by atoms with Gasteiger partial charge >= 0.3 is 0 Å². The number of aryl methyl sites for hydroxylation is 2. The Hall–Kier alpha value is -1.68.